The Bertz CT molecular complexity index is 108. The molecule has 0 aliphatic heterocycles. The van der Waals surface area contributed by atoms with Gasteiger partial charge in [0.1, 0.15) is 0 Å². The van der Waals surface area contributed by atoms with E-state index in [0.29, 0.717) is 0 Å². The average Bonchev–Trinajstić information content (AvgIpc) is 1.27. The van der Waals surface area contributed by atoms with Gasteiger partial charge in [-0.2, -0.15) is 0 Å². The molecule has 0 aliphatic rings. The van der Waals surface area contributed by atoms with Gasteiger partial charge in [0.25, 0.3) is 0 Å². The van der Waals surface area contributed by atoms with Gasteiger partial charge in [0.15, 0.2) is 0 Å². The van der Waals surface area contributed by atoms with Crippen molar-refractivity contribution in [3.8, 4) is 0 Å². The molecular weight excluding hydrogens is 198 g/mol. The summed E-state index contributed by atoms with van der Waals surface area (Å²) in [6.45, 7) is 2.65. The van der Waals surface area contributed by atoms with Gasteiger partial charge in [-0.25, -0.2) is 0 Å². The number of nitrogens with two attached hydrogens (primary N) is 1. The third kappa shape index (κ3) is 5820. The van der Waals surface area contributed by atoms with Gasteiger partial charge in [0, 0.05) is 0 Å². The first-order valence-corrected chi connectivity index (χ1v) is 5.25. The second-order valence-corrected chi connectivity index (χ2v) is 3.06. The van der Waals surface area contributed by atoms with Crippen molar-refractivity contribution in [1.82, 2.24) is 0 Å². The minimum absolute atomic E-state index is 0.750. The summed E-state index contributed by atoms with van der Waals surface area (Å²) in [5.74, 6) is 0. The van der Waals surface area contributed by atoms with Gasteiger partial charge in [0.2, 0.25) is 0 Å². The summed E-state index contributed by atoms with van der Waals surface area (Å²) in [5.41, 5.74) is 4.85. The third-order valence-electron chi connectivity index (χ3n) is 0. The van der Waals surface area contributed by atoms with E-state index >= 15 is 0 Å². The molecule has 0 aliphatic carbocycles. The van der Waals surface area contributed by atoms with Crippen molar-refractivity contribution in [2.75, 3.05) is 6.54 Å². The Labute approximate surface area is 50.8 Å². The average molecular weight is 207 g/mol. The summed E-state index contributed by atoms with van der Waals surface area (Å²) >= 11 is -5.52. The van der Waals surface area contributed by atoms with Gasteiger partial charge in [-0.3, -0.25) is 0 Å². The van der Waals surface area contributed by atoms with Gasteiger partial charge < -0.3 is 5.73 Å². The fraction of sp³-hybridized carbons (Fsp3) is 1.00. The molecule has 52 valence electrons. The normalized spacial score (nSPS) is 9.50. The van der Waals surface area contributed by atoms with Crippen LogP contribution in [0.3, 0.4) is 0 Å². The molecule has 0 aromatic carbocycles. The summed E-state index contributed by atoms with van der Waals surface area (Å²) < 4.78 is 32.0. The van der Waals surface area contributed by atoms with E-state index in [1.165, 1.54) is 0 Å². The first-order chi connectivity index (χ1) is 3.41. The molecule has 5 nitrogen and oxygen atoms in total. The zero-order chi connectivity index (χ0) is 7.21. The molecule has 0 spiro atoms. The molecule has 6 heteroatoms. The molecule has 0 saturated carbocycles. The predicted octanol–water partition coefficient (Wildman–Crippen LogP) is -1.39. The van der Waals surface area contributed by atoms with Crippen LogP contribution in [0.25, 0.3) is 0 Å². The topological polar surface area (TPSA) is 101 Å². The number of hydrogen-bond acceptors (Lipinski definition) is 3. The number of hydrogen-bond donors (Lipinski definition) is 3. The third-order valence-corrected chi connectivity index (χ3v) is 0. The molecule has 8 heavy (non-hydrogen) atoms. The fourth-order valence-corrected chi connectivity index (χ4v) is 0. The first-order valence-electron chi connectivity index (χ1n) is 1.81. The molecule has 0 amide bonds. The van der Waals surface area contributed by atoms with E-state index in [-0.39, 0.29) is 0 Å². The Morgan fingerprint density at radius 2 is 1.50 bits per heavy atom. The first kappa shape index (κ1) is 11.0. The van der Waals surface area contributed by atoms with Crippen LogP contribution in [0.1, 0.15) is 6.92 Å². The van der Waals surface area contributed by atoms with Crippen LogP contribution in [0.4, 0.5) is 0 Å². The van der Waals surface area contributed by atoms with Crippen LogP contribution >= 0.6 is 0 Å². The molecule has 0 saturated heterocycles. The molecule has 0 aromatic rings. The minimum atomic E-state index is -5.52. The van der Waals surface area contributed by atoms with Crippen molar-refractivity contribution in [3.63, 3.8) is 0 Å². The maximum absolute atomic E-state index is 8.85. The van der Waals surface area contributed by atoms with Gasteiger partial charge >= 0.3 is 31.1 Å². The summed E-state index contributed by atoms with van der Waals surface area (Å²) in [5, 5.41) is 0. The van der Waals surface area contributed by atoms with Crippen molar-refractivity contribution < 1.29 is 31.1 Å². The maximum atomic E-state index is 8.85. The van der Waals surface area contributed by atoms with Crippen LogP contribution in [-0.2, 0) is 23.5 Å². The molecule has 0 atom stereocenters. The molecule has 0 heterocycles. The van der Waals surface area contributed by atoms with Crippen LogP contribution in [0.15, 0.2) is 0 Å². The monoisotopic (exact) mass is 209 g/mol. The Kier molecular flexibility index (Phi) is 7.32. The second-order valence-electron chi connectivity index (χ2n) is 0.856. The molecule has 0 aromatic heterocycles. The van der Waals surface area contributed by atoms with Gasteiger partial charge in [0.05, 0.1) is 0 Å². The Hall–Kier alpha value is 0.168. The summed E-state index contributed by atoms with van der Waals surface area (Å²) in [7, 11) is 0. The summed E-state index contributed by atoms with van der Waals surface area (Å²) in [4.78, 5) is 0. The predicted molar refractivity (Wildman–Crippen MR) is 20.5 cm³/mol. The van der Waals surface area contributed by atoms with E-state index in [4.69, 9.17) is 20.0 Å². The Morgan fingerprint density at radius 1 is 1.50 bits per heavy atom. The van der Waals surface area contributed by atoms with Crippen molar-refractivity contribution in [2.24, 2.45) is 5.73 Å². The molecule has 0 bridgehead atoms. The van der Waals surface area contributed by atoms with Crippen molar-refractivity contribution in [3.05, 3.63) is 0 Å². The second kappa shape index (κ2) is 5.31. The quantitative estimate of drug-likeness (QED) is 0.424. The van der Waals surface area contributed by atoms with Gasteiger partial charge in [-0.15, -0.1) is 0 Å². The van der Waals surface area contributed by atoms with Crippen molar-refractivity contribution >= 4 is 0 Å². The Morgan fingerprint density at radius 3 is 1.50 bits per heavy atom. The molecule has 4 N–H and O–H groups in total. The zero-order valence-corrected chi connectivity index (χ0v) is 6.41. The summed E-state index contributed by atoms with van der Waals surface area (Å²) in [6.07, 6.45) is 0. The van der Waals surface area contributed by atoms with Crippen LogP contribution in [-0.4, -0.2) is 14.1 Å². The van der Waals surface area contributed by atoms with Crippen LogP contribution in [0.5, 0.6) is 0 Å². The SMILES string of the molecule is CCN.[O]=[Mo](=[O])([OH])[OH]. The van der Waals surface area contributed by atoms with E-state index in [0.717, 1.165) is 6.54 Å². The van der Waals surface area contributed by atoms with Crippen LogP contribution in [0.2, 0.25) is 0 Å². The Balaban J connectivity index is 0. The fourth-order valence-electron chi connectivity index (χ4n) is 0. The van der Waals surface area contributed by atoms with Gasteiger partial charge in [-0.05, 0) is 6.54 Å². The van der Waals surface area contributed by atoms with E-state index < -0.39 is 16.7 Å². The molecular formula is C2H9MoNO4. The van der Waals surface area contributed by atoms with E-state index in [2.05, 4.69) is 0 Å². The standard InChI is InChI=1S/C2H7N.Mo.2H2O.2O/c1-2-3;;;;;/h2-3H2,1H3;;2*1H2;;/q;+2;;;;/p-2. The number of rotatable bonds is 0. The van der Waals surface area contributed by atoms with Crippen molar-refractivity contribution in [2.45, 2.75) is 6.92 Å². The van der Waals surface area contributed by atoms with Crippen LogP contribution < -0.4 is 5.73 Å². The van der Waals surface area contributed by atoms with E-state index in [1.54, 1.807) is 0 Å². The molecule has 0 unspecified atom stereocenters. The molecule has 0 rings (SSSR count). The van der Waals surface area contributed by atoms with Gasteiger partial charge in [-0.1, -0.05) is 6.92 Å². The van der Waals surface area contributed by atoms with E-state index in [9.17, 15) is 0 Å². The molecule has 0 radical (unpaired) electrons. The zero-order valence-electron chi connectivity index (χ0n) is 4.40. The van der Waals surface area contributed by atoms with Crippen molar-refractivity contribution in [1.29, 1.82) is 0 Å². The summed E-state index contributed by atoms with van der Waals surface area (Å²) in [6, 6.07) is 0. The van der Waals surface area contributed by atoms with E-state index in [1.807, 2.05) is 6.92 Å². The van der Waals surface area contributed by atoms with Crippen LogP contribution in [0, 0.1) is 0 Å². The molecule has 0 fully saturated rings.